The highest BCUT2D eigenvalue weighted by Crippen LogP contribution is 2.19. The predicted octanol–water partition coefficient (Wildman–Crippen LogP) is 3.09. The summed E-state index contributed by atoms with van der Waals surface area (Å²) < 4.78 is 16.7. The summed E-state index contributed by atoms with van der Waals surface area (Å²) in [4.78, 5) is 0. The summed E-state index contributed by atoms with van der Waals surface area (Å²) in [5.74, 6) is 0.837. The molecule has 1 heterocycles. The Bertz CT molecular complexity index is 384. The maximum absolute atomic E-state index is 10.1. The maximum Gasteiger partial charge on any atom is 0.119 e. The van der Waals surface area contributed by atoms with Crippen LogP contribution in [0.4, 0.5) is 0 Å². The first-order valence-corrected chi connectivity index (χ1v) is 7.89. The van der Waals surface area contributed by atoms with Gasteiger partial charge in [0.2, 0.25) is 0 Å². The lowest BCUT2D eigenvalue weighted by molar-refractivity contribution is -0.0574. The van der Waals surface area contributed by atoms with E-state index in [2.05, 4.69) is 6.92 Å². The molecule has 4 heteroatoms. The standard InChI is InChI=1S/C17H26O4/c1-2-10-20-15-8-6-14(7-9-15)17(18)13-19-12-16-5-3-4-11-21-16/h6-9,16-18H,2-5,10-13H2,1H3. The first-order valence-electron chi connectivity index (χ1n) is 7.89. The molecule has 2 atom stereocenters. The molecule has 0 aliphatic carbocycles. The van der Waals surface area contributed by atoms with Crippen molar-refractivity contribution in [2.75, 3.05) is 26.4 Å². The summed E-state index contributed by atoms with van der Waals surface area (Å²) in [5.41, 5.74) is 0.850. The molecular weight excluding hydrogens is 268 g/mol. The van der Waals surface area contributed by atoms with Gasteiger partial charge >= 0.3 is 0 Å². The predicted molar refractivity (Wildman–Crippen MR) is 81.6 cm³/mol. The first-order chi connectivity index (χ1) is 10.3. The summed E-state index contributed by atoms with van der Waals surface area (Å²) in [5, 5.41) is 10.1. The van der Waals surface area contributed by atoms with Crippen molar-refractivity contribution < 1.29 is 19.3 Å². The number of aliphatic hydroxyl groups excluding tert-OH is 1. The largest absolute Gasteiger partial charge is 0.494 e. The Morgan fingerprint density at radius 2 is 2.10 bits per heavy atom. The molecule has 1 aromatic carbocycles. The van der Waals surface area contributed by atoms with Gasteiger partial charge < -0.3 is 19.3 Å². The molecule has 1 saturated heterocycles. The molecular formula is C17H26O4. The molecule has 1 N–H and O–H groups in total. The van der Waals surface area contributed by atoms with E-state index in [0.29, 0.717) is 19.8 Å². The zero-order valence-corrected chi connectivity index (χ0v) is 12.8. The Morgan fingerprint density at radius 3 is 2.76 bits per heavy atom. The fourth-order valence-electron chi connectivity index (χ4n) is 2.35. The smallest absolute Gasteiger partial charge is 0.119 e. The van der Waals surface area contributed by atoms with Gasteiger partial charge in [-0.2, -0.15) is 0 Å². The summed E-state index contributed by atoms with van der Waals surface area (Å²) >= 11 is 0. The second-order valence-corrected chi connectivity index (χ2v) is 5.46. The van der Waals surface area contributed by atoms with Crippen molar-refractivity contribution in [3.63, 3.8) is 0 Å². The van der Waals surface area contributed by atoms with Gasteiger partial charge in [0.15, 0.2) is 0 Å². The Labute approximate surface area is 127 Å². The van der Waals surface area contributed by atoms with Gasteiger partial charge in [0, 0.05) is 6.61 Å². The second kappa shape index (κ2) is 9.03. The molecule has 1 aromatic rings. The van der Waals surface area contributed by atoms with Crippen molar-refractivity contribution in [2.45, 2.75) is 44.8 Å². The van der Waals surface area contributed by atoms with E-state index in [-0.39, 0.29) is 6.10 Å². The van der Waals surface area contributed by atoms with Gasteiger partial charge in [0.1, 0.15) is 11.9 Å². The minimum absolute atomic E-state index is 0.191. The van der Waals surface area contributed by atoms with Crippen LogP contribution in [0.3, 0.4) is 0 Å². The SMILES string of the molecule is CCCOc1ccc(C(O)COCC2CCCCO2)cc1. The van der Waals surface area contributed by atoms with Gasteiger partial charge in [-0.15, -0.1) is 0 Å². The van der Waals surface area contributed by atoms with Crippen molar-refractivity contribution in [1.29, 1.82) is 0 Å². The normalized spacial score (nSPS) is 20.2. The summed E-state index contributed by atoms with van der Waals surface area (Å²) in [6.07, 6.45) is 3.98. The lowest BCUT2D eigenvalue weighted by Gasteiger charge is -2.23. The highest BCUT2D eigenvalue weighted by molar-refractivity contribution is 5.28. The van der Waals surface area contributed by atoms with Crippen LogP contribution in [0.15, 0.2) is 24.3 Å². The summed E-state index contributed by atoms with van der Waals surface area (Å²) in [6, 6.07) is 7.54. The summed E-state index contributed by atoms with van der Waals surface area (Å²) in [7, 11) is 0. The third-order valence-corrected chi connectivity index (χ3v) is 3.59. The molecule has 0 aromatic heterocycles. The molecule has 0 bridgehead atoms. The van der Waals surface area contributed by atoms with Crippen molar-refractivity contribution >= 4 is 0 Å². The van der Waals surface area contributed by atoms with Crippen LogP contribution in [-0.2, 0) is 9.47 Å². The van der Waals surface area contributed by atoms with Gasteiger partial charge in [0.05, 0.1) is 25.9 Å². The molecule has 0 saturated carbocycles. The topological polar surface area (TPSA) is 47.9 Å². The van der Waals surface area contributed by atoms with Crippen molar-refractivity contribution in [3.05, 3.63) is 29.8 Å². The highest BCUT2D eigenvalue weighted by atomic mass is 16.5. The minimum atomic E-state index is -0.603. The van der Waals surface area contributed by atoms with Crippen LogP contribution in [0, 0.1) is 0 Å². The molecule has 4 nitrogen and oxygen atoms in total. The third-order valence-electron chi connectivity index (χ3n) is 3.59. The van der Waals surface area contributed by atoms with Gasteiger partial charge in [0.25, 0.3) is 0 Å². The van der Waals surface area contributed by atoms with E-state index in [4.69, 9.17) is 14.2 Å². The Hall–Kier alpha value is -1.10. The first kappa shape index (κ1) is 16.3. The second-order valence-electron chi connectivity index (χ2n) is 5.46. The van der Waals surface area contributed by atoms with E-state index < -0.39 is 6.10 Å². The number of hydrogen-bond acceptors (Lipinski definition) is 4. The Morgan fingerprint density at radius 1 is 1.29 bits per heavy atom. The Kier molecular flexibility index (Phi) is 7.00. The lowest BCUT2D eigenvalue weighted by atomic mass is 10.1. The number of aliphatic hydroxyl groups is 1. The molecule has 1 aliphatic heterocycles. The number of hydrogen-bond donors (Lipinski definition) is 1. The van der Waals surface area contributed by atoms with Crippen LogP contribution < -0.4 is 4.74 Å². The Balaban J connectivity index is 1.70. The van der Waals surface area contributed by atoms with Crippen LogP contribution in [0.2, 0.25) is 0 Å². The van der Waals surface area contributed by atoms with E-state index in [9.17, 15) is 5.11 Å². The van der Waals surface area contributed by atoms with Crippen molar-refractivity contribution in [2.24, 2.45) is 0 Å². The fraction of sp³-hybridized carbons (Fsp3) is 0.647. The van der Waals surface area contributed by atoms with Gasteiger partial charge in [-0.05, 0) is 43.4 Å². The van der Waals surface area contributed by atoms with Crippen LogP contribution in [-0.4, -0.2) is 37.6 Å². The number of rotatable bonds is 8. The molecule has 21 heavy (non-hydrogen) atoms. The van der Waals surface area contributed by atoms with Crippen LogP contribution in [0.1, 0.15) is 44.3 Å². The van der Waals surface area contributed by atoms with Crippen LogP contribution in [0.25, 0.3) is 0 Å². The van der Waals surface area contributed by atoms with Gasteiger partial charge in [-0.1, -0.05) is 19.1 Å². The monoisotopic (exact) mass is 294 g/mol. The third kappa shape index (κ3) is 5.65. The van der Waals surface area contributed by atoms with Crippen LogP contribution >= 0.6 is 0 Å². The van der Waals surface area contributed by atoms with Crippen LogP contribution in [0.5, 0.6) is 5.75 Å². The number of ether oxygens (including phenoxy) is 3. The van der Waals surface area contributed by atoms with E-state index in [1.807, 2.05) is 24.3 Å². The van der Waals surface area contributed by atoms with Gasteiger partial charge in [-0.25, -0.2) is 0 Å². The van der Waals surface area contributed by atoms with E-state index >= 15 is 0 Å². The zero-order chi connectivity index (χ0) is 14.9. The van der Waals surface area contributed by atoms with Gasteiger partial charge in [-0.3, -0.25) is 0 Å². The molecule has 2 unspecified atom stereocenters. The highest BCUT2D eigenvalue weighted by Gasteiger charge is 2.15. The maximum atomic E-state index is 10.1. The number of benzene rings is 1. The van der Waals surface area contributed by atoms with Crippen molar-refractivity contribution in [3.8, 4) is 5.75 Å². The molecule has 2 rings (SSSR count). The summed E-state index contributed by atoms with van der Waals surface area (Å²) in [6.45, 7) is 4.48. The zero-order valence-electron chi connectivity index (χ0n) is 12.8. The quantitative estimate of drug-likeness (QED) is 0.800. The average Bonchev–Trinajstić information content (AvgIpc) is 2.54. The molecule has 0 amide bonds. The van der Waals surface area contributed by atoms with E-state index in [1.165, 1.54) is 6.42 Å². The molecule has 0 radical (unpaired) electrons. The molecule has 118 valence electrons. The van der Waals surface area contributed by atoms with E-state index in [1.54, 1.807) is 0 Å². The molecule has 1 fully saturated rings. The average molecular weight is 294 g/mol. The molecule has 1 aliphatic rings. The van der Waals surface area contributed by atoms with Crippen molar-refractivity contribution in [1.82, 2.24) is 0 Å². The fourth-order valence-corrected chi connectivity index (χ4v) is 2.35. The lowest BCUT2D eigenvalue weighted by Crippen LogP contribution is -2.25. The van der Waals surface area contributed by atoms with E-state index in [0.717, 1.165) is 37.2 Å². The minimum Gasteiger partial charge on any atom is -0.494 e. The molecule has 0 spiro atoms.